The quantitative estimate of drug-likeness (QED) is 0.798. The molecule has 0 unspecified atom stereocenters. The molecule has 104 valence electrons. The second-order valence-corrected chi connectivity index (χ2v) is 5.19. The highest BCUT2D eigenvalue weighted by molar-refractivity contribution is 5.94. The number of carbonyl (C=O) groups excluding carboxylic acids is 1. The van der Waals surface area contributed by atoms with Crippen molar-refractivity contribution in [3.05, 3.63) is 29.8 Å². The van der Waals surface area contributed by atoms with E-state index in [0.29, 0.717) is 6.42 Å². The van der Waals surface area contributed by atoms with E-state index in [1.807, 2.05) is 18.0 Å². The molecule has 3 nitrogen and oxygen atoms in total. The van der Waals surface area contributed by atoms with Crippen molar-refractivity contribution in [2.75, 3.05) is 25.0 Å². The lowest BCUT2D eigenvalue weighted by atomic mass is 10.0. The number of rotatable bonds is 6. The van der Waals surface area contributed by atoms with Crippen molar-refractivity contribution in [3.8, 4) is 0 Å². The summed E-state index contributed by atoms with van der Waals surface area (Å²) in [7, 11) is 1.97. The number of benzene rings is 1. The van der Waals surface area contributed by atoms with Crippen LogP contribution in [0.25, 0.3) is 0 Å². The molecule has 1 aromatic carbocycles. The summed E-state index contributed by atoms with van der Waals surface area (Å²) in [6, 6.07) is 8.30. The monoisotopic (exact) mass is 260 g/mol. The van der Waals surface area contributed by atoms with Gasteiger partial charge in [-0.15, -0.1) is 0 Å². The Kier molecular flexibility index (Phi) is 5.40. The molecule has 0 aliphatic carbocycles. The third-order valence-electron chi connectivity index (χ3n) is 3.73. The molecule has 1 heterocycles. The Labute approximate surface area is 116 Å². The number of amides is 1. The van der Waals surface area contributed by atoms with Crippen LogP contribution in [0.4, 0.5) is 5.69 Å². The third kappa shape index (κ3) is 3.80. The molecule has 2 rings (SSSR count). The van der Waals surface area contributed by atoms with Gasteiger partial charge < -0.3 is 10.2 Å². The predicted octanol–water partition coefficient (Wildman–Crippen LogP) is 2.75. The molecule has 1 aliphatic heterocycles. The summed E-state index contributed by atoms with van der Waals surface area (Å²) in [5.41, 5.74) is 2.45. The van der Waals surface area contributed by atoms with Crippen molar-refractivity contribution in [2.45, 2.75) is 38.5 Å². The summed E-state index contributed by atoms with van der Waals surface area (Å²) in [6.45, 7) is 1.92. The molecule has 0 aromatic heterocycles. The van der Waals surface area contributed by atoms with Crippen LogP contribution < -0.4 is 10.2 Å². The Morgan fingerprint density at radius 2 is 2.11 bits per heavy atom. The minimum Gasteiger partial charge on any atom is -0.320 e. The number of carbonyl (C=O) groups is 1. The van der Waals surface area contributed by atoms with Crippen LogP contribution in [0, 0.1) is 0 Å². The number of hydrogen-bond acceptors (Lipinski definition) is 2. The minimum atomic E-state index is 0.289. The maximum Gasteiger partial charge on any atom is 0.226 e. The Morgan fingerprint density at radius 3 is 2.95 bits per heavy atom. The molecule has 1 aliphatic rings. The van der Waals surface area contributed by atoms with Crippen LogP contribution in [-0.4, -0.2) is 26.0 Å². The number of anilines is 1. The summed E-state index contributed by atoms with van der Waals surface area (Å²) in [5.74, 6) is 0.289. The Balaban J connectivity index is 1.86. The second-order valence-electron chi connectivity index (χ2n) is 5.19. The van der Waals surface area contributed by atoms with Crippen molar-refractivity contribution < 1.29 is 4.79 Å². The van der Waals surface area contributed by atoms with E-state index in [1.54, 1.807) is 0 Å². The third-order valence-corrected chi connectivity index (χ3v) is 3.73. The van der Waals surface area contributed by atoms with Gasteiger partial charge in [0.15, 0.2) is 0 Å². The zero-order chi connectivity index (χ0) is 13.5. The van der Waals surface area contributed by atoms with Crippen LogP contribution in [0.2, 0.25) is 0 Å². The largest absolute Gasteiger partial charge is 0.320 e. The van der Waals surface area contributed by atoms with Crippen molar-refractivity contribution in [2.24, 2.45) is 0 Å². The highest BCUT2D eigenvalue weighted by Crippen LogP contribution is 2.27. The first-order valence-corrected chi connectivity index (χ1v) is 7.36. The number of aryl methyl sites for hydroxylation is 1. The molecule has 3 heteroatoms. The van der Waals surface area contributed by atoms with Crippen molar-refractivity contribution in [1.82, 2.24) is 5.32 Å². The number of hydrogen-bond donors (Lipinski definition) is 1. The number of unbranched alkanes of at least 4 members (excludes halogenated alkanes) is 2. The molecule has 0 bridgehead atoms. The summed E-state index contributed by atoms with van der Waals surface area (Å²) >= 11 is 0. The van der Waals surface area contributed by atoms with Gasteiger partial charge in [-0.2, -0.15) is 0 Å². The maximum absolute atomic E-state index is 12.3. The highest BCUT2D eigenvalue weighted by Gasteiger charge is 2.21. The smallest absolute Gasteiger partial charge is 0.226 e. The topological polar surface area (TPSA) is 32.3 Å². The fourth-order valence-corrected chi connectivity index (χ4v) is 2.68. The van der Waals surface area contributed by atoms with Gasteiger partial charge in [-0.05, 0) is 50.9 Å². The normalized spacial score (nSPS) is 14.3. The van der Waals surface area contributed by atoms with Crippen molar-refractivity contribution in [1.29, 1.82) is 0 Å². The molecule has 0 radical (unpaired) electrons. The summed E-state index contributed by atoms with van der Waals surface area (Å²) in [5, 5.41) is 3.14. The number of fused-ring (bicyclic) bond motifs is 1. The number of nitrogens with one attached hydrogen (secondary N) is 1. The van der Waals surface area contributed by atoms with Gasteiger partial charge in [-0.1, -0.05) is 24.6 Å². The Hall–Kier alpha value is -1.35. The molecule has 0 spiro atoms. The van der Waals surface area contributed by atoms with Gasteiger partial charge in [-0.3, -0.25) is 4.79 Å². The zero-order valence-electron chi connectivity index (χ0n) is 11.8. The summed E-state index contributed by atoms with van der Waals surface area (Å²) in [4.78, 5) is 14.3. The molecule has 19 heavy (non-hydrogen) atoms. The summed E-state index contributed by atoms with van der Waals surface area (Å²) < 4.78 is 0. The fraction of sp³-hybridized carbons (Fsp3) is 0.562. The first-order valence-electron chi connectivity index (χ1n) is 7.36. The van der Waals surface area contributed by atoms with Gasteiger partial charge in [0.2, 0.25) is 5.91 Å². The van der Waals surface area contributed by atoms with Crippen LogP contribution in [0.3, 0.4) is 0 Å². The average molecular weight is 260 g/mol. The zero-order valence-corrected chi connectivity index (χ0v) is 11.8. The van der Waals surface area contributed by atoms with Gasteiger partial charge in [-0.25, -0.2) is 0 Å². The number of para-hydroxylation sites is 1. The van der Waals surface area contributed by atoms with Gasteiger partial charge in [0, 0.05) is 18.7 Å². The molecule has 0 fully saturated rings. The van der Waals surface area contributed by atoms with Crippen LogP contribution >= 0.6 is 0 Å². The van der Waals surface area contributed by atoms with E-state index in [4.69, 9.17) is 0 Å². The second kappa shape index (κ2) is 7.29. The molecule has 0 saturated carbocycles. The average Bonchev–Trinajstić information content (AvgIpc) is 2.46. The minimum absolute atomic E-state index is 0.289. The highest BCUT2D eigenvalue weighted by atomic mass is 16.2. The van der Waals surface area contributed by atoms with Crippen LogP contribution in [-0.2, 0) is 11.2 Å². The molecular weight excluding hydrogens is 236 g/mol. The van der Waals surface area contributed by atoms with Gasteiger partial charge >= 0.3 is 0 Å². The molecule has 0 atom stereocenters. The van der Waals surface area contributed by atoms with Crippen molar-refractivity contribution in [3.63, 3.8) is 0 Å². The van der Waals surface area contributed by atoms with E-state index in [9.17, 15) is 4.79 Å². The van der Waals surface area contributed by atoms with E-state index in [1.165, 1.54) is 5.56 Å². The maximum atomic E-state index is 12.3. The molecular formula is C16H24N2O. The fourth-order valence-electron chi connectivity index (χ4n) is 2.68. The lowest BCUT2D eigenvalue weighted by Gasteiger charge is -2.29. The van der Waals surface area contributed by atoms with Gasteiger partial charge in [0.05, 0.1) is 0 Å². The van der Waals surface area contributed by atoms with Crippen LogP contribution in [0.15, 0.2) is 24.3 Å². The van der Waals surface area contributed by atoms with E-state index in [-0.39, 0.29) is 5.91 Å². The van der Waals surface area contributed by atoms with E-state index in [2.05, 4.69) is 23.5 Å². The molecule has 1 amide bonds. The van der Waals surface area contributed by atoms with E-state index < -0.39 is 0 Å². The first kappa shape index (κ1) is 14.1. The lowest BCUT2D eigenvalue weighted by molar-refractivity contribution is -0.118. The first-order chi connectivity index (χ1) is 9.33. The van der Waals surface area contributed by atoms with E-state index in [0.717, 1.165) is 50.9 Å². The van der Waals surface area contributed by atoms with Crippen LogP contribution in [0.5, 0.6) is 0 Å². The predicted molar refractivity (Wildman–Crippen MR) is 79.5 cm³/mol. The van der Waals surface area contributed by atoms with Gasteiger partial charge in [0.25, 0.3) is 0 Å². The molecule has 0 saturated heterocycles. The summed E-state index contributed by atoms with van der Waals surface area (Å²) in [6.07, 6.45) is 6.14. The Morgan fingerprint density at radius 1 is 1.26 bits per heavy atom. The van der Waals surface area contributed by atoms with Gasteiger partial charge in [0.1, 0.15) is 0 Å². The molecule has 1 N–H and O–H groups in total. The number of nitrogens with zero attached hydrogens (tertiary/aromatic N) is 1. The lowest BCUT2D eigenvalue weighted by Crippen LogP contribution is -2.35. The Bertz CT molecular complexity index is 417. The SMILES string of the molecule is CNCCCCCC(=O)N1CCCc2ccccc21. The van der Waals surface area contributed by atoms with Crippen LogP contribution in [0.1, 0.15) is 37.7 Å². The molecule has 1 aromatic rings. The van der Waals surface area contributed by atoms with Crippen molar-refractivity contribution >= 4 is 11.6 Å². The van der Waals surface area contributed by atoms with E-state index >= 15 is 0 Å². The standard InChI is InChI=1S/C16H24N2O/c1-17-12-6-2-3-11-16(19)18-13-7-9-14-8-4-5-10-15(14)18/h4-5,8,10,17H,2-3,6-7,9,11-13H2,1H3.